The number of aliphatic carboxylic acids is 1. The Hall–Kier alpha value is -3.02. The highest BCUT2D eigenvalue weighted by Gasteiger charge is 2.60. The fourth-order valence-corrected chi connectivity index (χ4v) is 5.84. The maximum Gasteiger partial charge on any atom is 0.313 e. The van der Waals surface area contributed by atoms with Gasteiger partial charge in [-0.2, -0.15) is 0 Å². The van der Waals surface area contributed by atoms with Crippen LogP contribution in [0.2, 0.25) is 0 Å². The molecule has 1 unspecified atom stereocenters. The first-order valence-corrected chi connectivity index (χ1v) is 12.3. The van der Waals surface area contributed by atoms with Crippen molar-refractivity contribution < 1.29 is 28.9 Å². The number of rotatable bonds is 8. The maximum absolute atomic E-state index is 12.4. The van der Waals surface area contributed by atoms with Crippen LogP contribution in [-0.4, -0.2) is 37.2 Å². The van der Waals surface area contributed by atoms with Gasteiger partial charge in [0.2, 0.25) is 5.75 Å². The Morgan fingerprint density at radius 2 is 1.71 bits per heavy atom. The zero-order valence-electron chi connectivity index (χ0n) is 19.9. The molecule has 2 aromatic rings. The molecule has 1 atom stereocenters. The van der Waals surface area contributed by atoms with Crippen LogP contribution in [0.15, 0.2) is 30.3 Å². The van der Waals surface area contributed by atoms with E-state index in [1.54, 1.807) is 14.2 Å². The van der Waals surface area contributed by atoms with Gasteiger partial charge in [-0.1, -0.05) is 37.5 Å². The Morgan fingerprint density at radius 1 is 0.971 bits per heavy atom. The molecule has 2 aromatic carbocycles. The molecule has 2 saturated carbocycles. The summed E-state index contributed by atoms with van der Waals surface area (Å²) in [6.07, 6.45) is 7.44. The molecule has 6 nitrogen and oxygen atoms in total. The standard InChI is InChI=1S/C28H32O6/c1-32-23-13-11-21(19-8-10-20-18(16-19)9-12-22(20)29)24(25(23)33-2)34-26(17-6-4-3-5-7-17)28(14-15-28)27(30)31/h8,10-11,13,16-17,26H,3-7,9,12,14-15H2,1-2H3,(H,30,31). The molecule has 0 radical (unpaired) electrons. The molecule has 1 N–H and O–H groups in total. The van der Waals surface area contributed by atoms with Gasteiger partial charge in [-0.25, -0.2) is 0 Å². The van der Waals surface area contributed by atoms with Crippen LogP contribution < -0.4 is 14.2 Å². The van der Waals surface area contributed by atoms with Crippen molar-refractivity contribution in [3.8, 4) is 28.4 Å². The molecular weight excluding hydrogens is 432 g/mol. The summed E-state index contributed by atoms with van der Waals surface area (Å²) in [5, 5.41) is 10.2. The molecule has 0 saturated heterocycles. The Balaban J connectivity index is 1.61. The Kier molecular flexibility index (Phi) is 6.00. The predicted octanol–water partition coefficient (Wildman–Crippen LogP) is 5.69. The average molecular weight is 465 g/mol. The molecule has 2 fully saturated rings. The van der Waals surface area contributed by atoms with E-state index in [1.807, 2.05) is 30.3 Å². The highest BCUT2D eigenvalue weighted by atomic mass is 16.5. The van der Waals surface area contributed by atoms with Crippen LogP contribution in [0.25, 0.3) is 11.1 Å². The normalized spacial score (nSPS) is 19.9. The number of aryl methyl sites for hydroxylation is 1. The summed E-state index contributed by atoms with van der Waals surface area (Å²) in [7, 11) is 3.16. The topological polar surface area (TPSA) is 82.1 Å². The fraction of sp³-hybridized carbons (Fsp3) is 0.500. The first-order chi connectivity index (χ1) is 16.5. The molecule has 0 aliphatic heterocycles. The van der Waals surface area contributed by atoms with Crippen molar-refractivity contribution in [1.29, 1.82) is 0 Å². The van der Waals surface area contributed by atoms with Crippen LogP contribution in [0.3, 0.4) is 0 Å². The molecule has 180 valence electrons. The number of carboxylic acid groups (broad SMARTS) is 1. The molecule has 0 amide bonds. The second kappa shape index (κ2) is 8.97. The minimum atomic E-state index is -0.849. The zero-order chi connectivity index (χ0) is 23.9. The number of ether oxygens (including phenoxy) is 3. The number of Topliss-reactive ketones (excluding diaryl/α,β-unsaturated/α-hetero) is 1. The van der Waals surface area contributed by atoms with Gasteiger partial charge in [0.1, 0.15) is 11.5 Å². The summed E-state index contributed by atoms with van der Waals surface area (Å²) >= 11 is 0. The zero-order valence-corrected chi connectivity index (χ0v) is 19.9. The first kappa shape index (κ1) is 22.8. The fourth-order valence-electron chi connectivity index (χ4n) is 5.84. The van der Waals surface area contributed by atoms with Crippen molar-refractivity contribution in [3.05, 3.63) is 41.5 Å². The molecule has 34 heavy (non-hydrogen) atoms. The monoisotopic (exact) mass is 464 g/mol. The molecule has 0 spiro atoms. The molecule has 0 aromatic heterocycles. The lowest BCUT2D eigenvalue weighted by molar-refractivity contribution is -0.149. The van der Waals surface area contributed by atoms with Gasteiger partial charge in [-0.3, -0.25) is 9.59 Å². The van der Waals surface area contributed by atoms with Crippen molar-refractivity contribution in [3.63, 3.8) is 0 Å². The van der Waals surface area contributed by atoms with E-state index >= 15 is 0 Å². The van der Waals surface area contributed by atoms with Crippen LogP contribution in [0.1, 0.15) is 67.3 Å². The van der Waals surface area contributed by atoms with E-state index in [1.165, 1.54) is 6.42 Å². The van der Waals surface area contributed by atoms with E-state index in [2.05, 4.69) is 0 Å². The van der Waals surface area contributed by atoms with E-state index in [0.717, 1.165) is 54.4 Å². The molecule has 3 aliphatic rings. The Morgan fingerprint density at radius 3 is 2.35 bits per heavy atom. The van der Waals surface area contributed by atoms with Gasteiger partial charge >= 0.3 is 5.97 Å². The number of hydrogen-bond donors (Lipinski definition) is 1. The van der Waals surface area contributed by atoms with Gasteiger partial charge in [-0.05, 0) is 61.3 Å². The minimum absolute atomic E-state index is 0.180. The minimum Gasteiger partial charge on any atom is -0.493 e. The second-order valence-corrected chi connectivity index (χ2v) is 9.87. The van der Waals surface area contributed by atoms with Crippen LogP contribution in [-0.2, 0) is 11.2 Å². The number of carboxylic acids is 1. The number of fused-ring (bicyclic) bond motifs is 1. The summed E-state index contributed by atoms with van der Waals surface area (Å²) in [5.74, 6) is 1.13. The van der Waals surface area contributed by atoms with Crippen LogP contribution in [0, 0.1) is 11.3 Å². The second-order valence-electron chi connectivity index (χ2n) is 9.87. The summed E-state index contributed by atoms with van der Waals surface area (Å²) < 4.78 is 18.1. The van der Waals surface area contributed by atoms with Crippen LogP contribution >= 0.6 is 0 Å². The van der Waals surface area contributed by atoms with Gasteiger partial charge in [0, 0.05) is 17.5 Å². The van der Waals surface area contributed by atoms with E-state index in [4.69, 9.17) is 14.2 Å². The smallest absolute Gasteiger partial charge is 0.313 e. The van der Waals surface area contributed by atoms with Gasteiger partial charge in [-0.15, -0.1) is 0 Å². The third kappa shape index (κ3) is 3.83. The van der Waals surface area contributed by atoms with Crippen LogP contribution in [0.4, 0.5) is 0 Å². The number of hydrogen-bond acceptors (Lipinski definition) is 5. The quantitative estimate of drug-likeness (QED) is 0.540. The highest BCUT2D eigenvalue weighted by Crippen LogP contribution is 2.56. The summed E-state index contributed by atoms with van der Waals surface area (Å²) in [6, 6.07) is 9.66. The van der Waals surface area contributed by atoms with Crippen molar-refractivity contribution in [2.75, 3.05) is 14.2 Å². The molecule has 3 aliphatic carbocycles. The van der Waals surface area contributed by atoms with Crippen LogP contribution in [0.5, 0.6) is 17.2 Å². The van der Waals surface area contributed by atoms with Crippen molar-refractivity contribution in [1.82, 2.24) is 0 Å². The van der Waals surface area contributed by atoms with Crippen molar-refractivity contribution in [2.45, 2.75) is 63.9 Å². The number of ketones is 1. The lowest BCUT2D eigenvalue weighted by atomic mass is 9.78. The Bertz CT molecular complexity index is 1110. The van der Waals surface area contributed by atoms with Gasteiger partial charge in [0.05, 0.1) is 14.2 Å². The van der Waals surface area contributed by atoms with Crippen molar-refractivity contribution >= 4 is 11.8 Å². The Labute approximate surface area is 200 Å². The predicted molar refractivity (Wildman–Crippen MR) is 128 cm³/mol. The lowest BCUT2D eigenvalue weighted by Gasteiger charge is -2.35. The maximum atomic E-state index is 12.4. The molecule has 5 rings (SSSR count). The third-order valence-corrected chi connectivity index (χ3v) is 7.92. The summed E-state index contributed by atoms with van der Waals surface area (Å²) in [6.45, 7) is 0. The van der Waals surface area contributed by atoms with E-state index in [9.17, 15) is 14.7 Å². The SMILES string of the molecule is COc1ccc(-c2ccc3c(c2)CCC3=O)c(OC(C2CCCCC2)C2(C(=O)O)CC2)c1OC. The first-order valence-electron chi connectivity index (χ1n) is 12.3. The third-order valence-electron chi connectivity index (χ3n) is 7.92. The highest BCUT2D eigenvalue weighted by molar-refractivity contribution is 6.01. The van der Waals surface area contributed by atoms with Gasteiger partial charge in [0.25, 0.3) is 0 Å². The van der Waals surface area contributed by atoms with Gasteiger partial charge in [0.15, 0.2) is 17.3 Å². The largest absolute Gasteiger partial charge is 0.493 e. The van der Waals surface area contributed by atoms with E-state index in [0.29, 0.717) is 36.5 Å². The molecule has 6 heteroatoms. The molecule has 0 bridgehead atoms. The number of methoxy groups -OCH3 is 2. The summed E-state index contributed by atoms with van der Waals surface area (Å²) in [4.78, 5) is 24.5. The molecule has 0 heterocycles. The van der Waals surface area contributed by atoms with E-state index < -0.39 is 17.5 Å². The van der Waals surface area contributed by atoms with Gasteiger partial charge < -0.3 is 19.3 Å². The molecular formula is C28H32O6. The number of carbonyl (C=O) groups excluding carboxylic acids is 1. The number of carbonyl (C=O) groups is 2. The lowest BCUT2D eigenvalue weighted by Crippen LogP contribution is -2.41. The average Bonchev–Trinajstić information content (AvgIpc) is 3.60. The number of benzene rings is 2. The van der Waals surface area contributed by atoms with Crippen molar-refractivity contribution in [2.24, 2.45) is 11.3 Å². The summed E-state index contributed by atoms with van der Waals surface area (Å²) in [5.41, 5.74) is 2.72. The van der Waals surface area contributed by atoms with E-state index in [-0.39, 0.29) is 11.7 Å².